The first kappa shape index (κ1) is 29.8. The van der Waals surface area contributed by atoms with Gasteiger partial charge < -0.3 is 10.0 Å². The Balaban J connectivity index is 1.21. The molecule has 4 nitrogen and oxygen atoms in total. The number of fused-ring (bicyclic) bond motifs is 3. The fourth-order valence-corrected chi connectivity index (χ4v) is 6.86. The van der Waals surface area contributed by atoms with Gasteiger partial charge in [0.05, 0.1) is 11.4 Å². The van der Waals surface area contributed by atoms with Crippen molar-refractivity contribution in [2.45, 2.75) is 19.3 Å². The van der Waals surface area contributed by atoms with Crippen molar-refractivity contribution in [2.24, 2.45) is 0 Å². The van der Waals surface area contributed by atoms with E-state index in [1.807, 2.05) is 30.3 Å². The maximum absolute atomic E-state index is 9.48. The van der Waals surface area contributed by atoms with Crippen LogP contribution in [0.3, 0.4) is 0 Å². The van der Waals surface area contributed by atoms with Gasteiger partial charge in [-0.3, -0.25) is 0 Å². The van der Waals surface area contributed by atoms with Crippen LogP contribution in [0.4, 0.5) is 0 Å². The minimum absolute atomic E-state index is 0.114. The second-order valence-electron chi connectivity index (χ2n) is 12.9. The third-order valence-corrected chi connectivity index (χ3v) is 9.58. The Morgan fingerprint density at radius 3 is 1.56 bits per heavy atom. The van der Waals surface area contributed by atoms with E-state index in [1.165, 1.54) is 27.8 Å². The quantitative estimate of drug-likeness (QED) is 0.183. The predicted molar refractivity (Wildman–Crippen MR) is 197 cm³/mol. The van der Waals surface area contributed by atoms with Crippen LogP contribution in [-0.2, 0) is 5.41 Å². The summed E-state index contributed by atoms with van der Waals surface area (Å²) in [4.78, 5) is 10.3. The van der Waals surface area contributed by atoms with Gasteiger partial charge in [0.2, 0.25) is 0 Å². The van der Waals surface area contributed by atoms with E-state index in [4.69, 9.17) is 9.97 Å². The minimum Gasteiger partial charge on any atom is -0.423 e. The third-order valence-electron chi connectivity index (χ3n) is 9.58. The Kier molecular flexibility index (Phi) is 7.37. The molecule has 1 aromatic heterocycles. The van der Waals surface area contributed by atoms with Crippen molar-refractivity contribution >= 4 is 12.6 Å². The molecule has 6 aromatic carbocycles. The van der Waals surface area contributed by atoms with Crippen LogP contribution in [0.2, 0.25) is 0 Å². The molecule has 1 aliphatic carbocycles. The number of hydrogen-bond donors (Lipinski definition) is 2. The van der Waals surface area contributed by atoms with Gasteiger partial charge in [0.15, 0.2) is 5.82 Å². The first-order chi connectivity index (χ1) is 23.3. The average Bonchev–Trinajstić information content (AvgIpc) is 3.37. The van der Waals surface area contributed by atoms with E-state index in [2.05, 4.69) is 123 Å². The topological polar surface area (TPSA) is 66.2 Å². The molecule has 0 saturated carbocycles. The van der Waals surface area contributed by atoms with Crippen LogP contribution in [0.15, 0.2) is 152 Å². The summed E-state index contributed by atoms with van der Waals surface area (Å²) in [6, 6.07) is 51.9. The monoisotopic (exact) mass is 620 g/mol. The Labute approximate surface area is 281 Å². The molecule has 1 aliphatic rings. The standard InChI is InChI=1S/C43H33BN2O2/c1-43(2)38-11-7-6-10-36(38)37-25-22-34(26-39(37)43)41-27-40(32-16-12-29(13-17-32)28-8-4-3-5-9-28)45-42(46-41)33-18-14-30(15-19-33)31-20-23-35(24-21-31)44(47)48/h3-27,47-48H,1-2H3. The molecule has 0 spiro atoms. The lowest BCUT2D eigenvalue weighted by atomic mass is 9.80. The van der Waals surface area contributed by atoms with Gasteiger partial charge >= 0.3 is 7.12 Å². The number of benzene rings is 6. The predicted octanol–water partition coefficient (Wildman–Crippen LogP) is 8.80. The Morgan fingerprint density at radius 2 is 0.917 bits per heavy atom. The van der Waals surface area contributed by atoms with E-state index < -0.39 is 7.12 Å². The smallest absolute Gasteiger partial charge is 0.423 e. The van der Waals surface area contributed by atoms with Crippen LogP contribution in [0.1, 0.15) is 25.0 Å². The van der Waals surface area contributed by atoms with E-state index in [9.17, 15) is 10.0 Å². The lowest BCUT2D eigenvalue weighted by Crippen LogP contribution is -2.29. The van der Waals surface area contributed by atoms with Gasteiger partial charge in [-0.25, -0.2) is 9.97 Å². The van der Waals surface area contributed by atoms with Crippen molar-refractivity contribution in [3.63, 3.8) is 0 Å². The van der Waals surface area contributed by atoms with E-state index in [-0.39, 0.29) is 5.41 Å². The number of rotatable bonds is 6. The van der Waals surface area contributed by atoms with E-state index in [1.54, 1.807) is 12.1 Å². The first-order valence-electron chi connectivity index (χ1n) is 16.2. The summed E-state index contributed by atoms with van der Waals surface area (Å²) < 4.78 is 0. The highest BCUT2D eigenvalue weighted by molar-refractivity contribution is 6.58. The molecule has 0 fully saturated rings. The van der Waals surface area contributed by atoms with Crippen molar-refractivity contribution in [2.75, 3.05) is 0 Å². The minimum atomic E-state index is -1.48. The van der Waals surface area contributed by atoms with Crippen LogP contribution in [0.25, 0.3) is 67.3 Å². The van der Waals surface area contributed by atoms with Crippen molar-refractivity contribution in [1.29, 1.82) is 0 Å². The molecular weight excluding hydrogens is 587 g/mol. The fraction of sp³-hybridized carbons (Fsp3) is 0.0698. The molecule has 1 heterocycles. The van der Waals surface area contributed by atoms with Gasteiger partial charge in [0.25, 0.3) is 0 Å². The molecule has 0 bridgehead atoms. The van der Waals surface area contributed by atoms with E-state index in [0.29, 0.717) is 11.3 Å². The second-order valence-corrected chi connectivity index (χ2v) is 12.9. The summed E-state index contributed by atoms with van der Waals surface area (Å²) in [7, 11) is -1.48. The zero-order valence-electron chi connectivity index (χ0n) is 26.8. The second kappa shape index (κ2) is 11.9. The normalized spacial score (nSPS) is 12.8. The van der Waals surface area contributed by atoms with Crippen LogP contribution in [-0.4, -0.2) is 27.1 Å². The van der Waals surface area contributed by atoms with E-state index >= 15 is 0 Å². The molecule has 0 amide bonds. The Bertz CT molecular complexity index is 2260. The Morgan fingerprint density at radius 1 is 0.438 bits per heavy atom. The van der Waals surface area contributed by atoms with Gasteiger partial charge in [-0.1, -0.05) is 153 Å². The maximum atomic E-state index is 9.48. The SMILES string of the molecule is CC1(C)c2ccccc2-c2ccc(-c3cc(-c4ccc(-c5ccccc5)cc4)nc(-c4ccc(-c5ccc(B(O)O)cc5)cc4)n3)cc21. The summed E-state index contributed by atoms with van der Waals surface area (Å²) in [6.07, 6.45) is 0. The molecule has 0 unspecified atom stereocenters. The number of nitrogens with zero attached hydrogens (tertiary/aromatic N) is 2. The summed E-state index contributed by atoms with van der Waals surface area (Å²) in [6.45, 7) is 4.60. The summed E-state index contributed by atoms with van der Waals surface area (Å²) in [5, 5.41) is 19.0. The lowest BCUT2D eigenvalue weighted by Gasteiger charge is -2.22. The van der Waals surface area contributed by atoms with Gasteiger partial charge in [0.1, 0.15) is 0 Å². The highest BCUT2D eigenvalue weighted by atomic mass is 16.4. The van der Waals surface area contributed by atoms with Crippen LogP contribution in [0, 0.1) is 0 Å². The van der Waals surface area contributed by atoms with Gasteiger partial charge in [0, 0.05) is 22.1 Å². The van der Waals surface area contributed by atoms with Crippen molar-refractivity contribution in [3.8, 4) is 67.3 Å². The molecule has 7 aromatic rings. The molecule has 0 aliphatic heterocycles. The molecule has 48 heavy (non-hydrogen) atoms. The van der Waals surface area contributed by atoms with Crippen LogP contribution < -0.4 is 5.46 Å². The van der Waals surface area contributed by atoms with Crippen molar-refractivity contribution in [1.82, 2.24) is 9.97 Å². The maximum Gasteiger partial charge on any atom is 0.488 e. The molecule has 8 rings (SSSR count). The largest absolute Gasteiger partial charge is 0.488 e. The number of aromatic nitrogens is 2. The highest BCUT2D eigenvalue weighted by Crippen LogP contribution is 2.49. The van der Waals surface area contributed by atoms with Gasteiger partial charge in [-0.2, -0.15) is 0 Å². The van der Waals surface area contributed by atoms with Gasteiger partial charge in [-0.15, -0.1) is 0 Å². The van der Waals surface area contributed by atoms with Crippen LogP contribution >= 0.6 is 0 Å². The van der Waals surface area contributed by atoms with Crippen LogP contribution in [0.5, 0.6) is 0 Å². The Hall–Kier alpha value is -5.62. The molecule has 0 saturated heterocycles. The average molecular weight is 621 g/mol. The van der Waals surface area contributed by atoms with Gasteiger partial charge in [-0.05, 0) is 62.1 Å². The lowest BCUT2D eigenvalue weighted by molar-refractivity contribution is 0.426. The molecule has 0 atom stereocenters. The highest BCUT2D eigenvalue weighted by Gasteiger charge is 2.35. The van der Waals surface area contributed by atoms with E-state index in [0.717, 1.165) is 44.8 Å². The zero-order valence-corrected chi connectivity index (χ0v) is 26.8. The molecule has 230 valence electrons. The molecular formula is C43H33BN2O2. The summed E-state index contributed by atoms with van der Waals surface area (Å²) in [5.41, 5.74) is 14.7. The molecule has 5 heteroatoms. The third kappa shape index (κ3) is 5.33. The fourth-order valence-electron chi connectivity index (χ4n) is 6.86. The zero-order chi connectivity index (χ0) is 32.8. The molecule has 2 N–H and O–H groups in total. The first-order valence-corrected chi connectivity index (χ1v) is 16.2. The molecule has 0 radical (unpaired) electrons. The summed E-state index contributed by atoms with van der Waals surface area (Å²) in [5.74, 6) is 0.656. The van der Waals surface area contributed by atoms with Crippen molar-refractivity contribution < 1.29 is 10.0 Å². The number of hydrogen-bond acceptors (Lipinski definition) is 4. The summed E-state index contributed by atoms with van der Waals surface area (Å²) >= 11 is 0. The van der Waals surface area contributed by atoms with Crippen molar-refractivity contribution in [3.05, 3.63) is 163 Å².